The van der Waals surface area contributed by atoms with E-state index in [-0.39, 0.29) is 17.9 Å². The average molecular weight is 288 g/mol. The van der Waals surface area contributed by atoms with Crippen LogP contribution in [0, 0.1) is 5.41 Å². The number of benzene rings is 1. The summed E-state index contributed by atoms with van der Waals surface area (Å²) in [5.41, 5.74) is -1.16. The van der Waals surface area contributed by atoms with Gasteiger partial charge in [0.15, 0.2) is 0 Å². The molecular weight excluding hydrogens is 270 g/mol. The van der Waals surface area contributed by atoms with Crippen LogP contribution in [-0.2, 0) is 9.53 Å². The number of alkyl halides is 2. The lowest BCUT2D eigenvalue weighted by atomic mass is 9.82. The van der Waals surface area contributed by atoms with Crippen molar-refractivity contribution in [2.75, 3.05) is 6.61 Å². The molecule has 6 heteroatoms. The summed E-state index contributed by atoms with van der Waals surface area (Å²) in [6.07, 6.45) is -1.32. The molecule has 0 radical (unpaired) electrons. The molecule has 4 nitrogen and oxygen atoms in total. The second-order valence-corrected chi connectivity index (χ2v) is 4.76. The number of hydrogen-bond acceptors (Lipinski definition) is 4. The quantitative estimate of drug-likeness (QED) is 0.818. The second kappa shape index (κ2) is 6.65. The molecule has 1 aromatic carbocycles. The van der Waals surface area contributed by atoms with Gasteiger partial charge in [0, 0.05) is 5.56 Å². The Kier molecular flexibility index (Phi) is 5.44. The number of rotatable bonds is 6. The molecule has 0 fully saturated rings. The van der Waals surface area contributed by atoms with Crippen molar-refractivity contribution in [1.82, 2.24) is 0 Å². The van der Waals surface area contributed by atoms with Gasteiger partial charge in [0.05, 0.1) is 18.1 Å². The summed E-state index contributed by atoms with van der Waals surface area (Å²) < 4.78 is 33.9. The summed E-state index contributed by atoms with van der Waals surface area (Å²) in [4.78, 5) is 11.8. The van der Waals surface area contributed by atoms with Crippen molar-refractivity contribution in [1.29, 1.82) is 0 Å². The van der Waals surface area contributed by atoms with Gasteiger partial charge in [-0.15, -0.1) is 0 Å². The molecule has 0 saturated heterocycles. The molecule has 20 heavy (non-hydrogen) atoms. The molecule has 0 aliphatic carbocycles. The molecule has 0 heterocycles. The first-order valence-corrected chi connectivity index (χ1v) is 6.19. The number of ether oxygens (including phenoxy) is 2. The third-order valence-corrected chi connectivity index (χ3v) is 2.91. The van der Waals surface area contributed by atoms with Gasteiger partial charge in [-0.1, -0.05) is 18.2 Å². The van der Waals surface area contributed by atoms with Crippen LogP contribution in [0.4, 0.5) is 8.78 Å². The molecule has 1 rings (SSSR count). The van der Waals surface area contributed by atoms with Crippen molar-refractivity contribution < 1.29 is 28.2 Å². The summed E-state index contributed by atoms with van der Waals surface area (Å²) in [7, 11) is 0. The molecule has 0 aliphatic heterocycles. The zero-order valence-corrected chi connectivity index (χ0v) is 11.6. The van der Waals surface area contributed by atoms with E-state index in [1.54, 1.807) is 13.0 Å². The maximum Gasteiger partial charge on any atom is 0.387 e. The van der Waals surface area contributed by atoms with Gasteiger partial charge in [-0.25, -0.2) is 0 Å². The van der Waals surface area contributed by atoms with E-state index < -0.39 is 24.1 Å². The third kappa shape index (κ3) is 3.66. The smallest absolute Gasteiger partial charge is 0.387 e. The van der Waals surface area contributed by atoms with Crippen LogP contribution in [0.15, 0.2) is 24.3 Å². The van der Waals surface area contributed by atoms with E-state index in [2.05, 4.69) is 4.74 Å². The van der Waals surface area contributed by atoms with Crippen molar-refractivity contribution in [3.05, 3.63) is 29.8 Å². The van der Waals surface area contributed by atoms with Gasteiger partial charge in [0.25, 0.3) is 0 Å². The minimum absolute atomic E-state index is 0.117. The van der Waals surface area contributed by atoms with Crippen molar-refractivity contribution in [2.24, 2.45) is 5.41 Å². The molecule has 0 aromatic heterocycles. The Morgan fingerprint density at radius 3 is 2.50 bits per heavy atom. The fourth-order valence-corrected chi connectivity index (χ4v) is 1.73. The fraction of sp³-hybridized carbons (Fsp3) is 0.500. The summed E-state index contributed by atoms with van der Waals surface area (Å²) in [6, 6.07) is 5.82. The highest BCUT2D eigenvalue weighted by Crippen LogP contribution is 2.39. The number of halogens is 2. The van der Waals surface area contributed by atoms with Crippen molar-refractivity contribution in [3.8, 4) is 5.75 Å². The van der Waals surface area contributed by atoms with Gasteiger partial charge < -0.3 is 14.6 Å². The lowest BCUT2D eigenvalue weighted by Gasteiger charge is -2.29. The Hall–Kier alpha value is -1.69. The molecule has 0 aliphatic rings. The molecule has 0 bridgehead atoms. The van der Waals surface area contributed by atoms with Gasteiger partial charge >= 0.3 is 12.6 Å². The van der Waals surface area contributed by atoms with Crippen LogP contribution in [0.25, 0.3) is 0 Å². The molecule has 0 spiro atoms. The van der Waals surface area contributed by atoms with E-state index in [0.717, 1.165) is 0 Å². The van der Waals surface area contributed by atoms with Crippen molar-refractivity contribution >= 4 is 5.97 Å². The van der Waals surface area contributed by atoms with Gasteiger partial charge in [-0.3, -0.25) is 4.79 Å². The van der Waals surface area contributed by atoms with E-state index in [4.69, 9.17) is 4.74 Å². The highest BCUT2D eigenvalue weighted by atomic mass is 19.3. The van der Waals surface area contributed by atoms with E-state index in [1.807, 2.05) is 0 Å². The summed E-state index contributed by atoms with van der Waals surface area (Å²) in [5, 5.41) is 10.3. The Morgan fingerprint density at radius 2 is 1.95 bits per heavy atom. The number of esters is 1. The normalized spacial score (nSPS) is 13.2. The zero-order valence-electron chi connectivity index (χ0n) is 11.6. The molecule has 112 valence electrons. The first-order chi connectivity index (χ1) is 9.30. The first-order valence-electron chi connectivity index (χ1n) is 6.19. The highest BCUT2D eigenvalue weighted by molar-refractivity contribution is 5.77. The van der Waals surface area contributed by atoms with Crippen LogP contribution in [-0.4, -0.2) is 24.3 Å². The predicted molar refractivity (Wildman–Crippen MR) is 68.4 cm³/mol. The van der Waals surface area contributed by atoms with Crippen molar-refractivity contribution in [2.45, 2.75) is 33.5 Å². The summed E-state index contributed by atoms with van der Waals surface area (Å²) in [5.74, 6) is -0.772. The van der Waals surface area contributed by atoms with Crippen LogP contribution in [0.5, 0.6) is 5.75 Å². The average Bonchev–Trinajstić information content (AvgIpc) is 2.38. The molecule has 0 saturated carbocycles. The molecule has 1 N–H and O–H groups in total. The summed E-state index contributed by atoms with van der Waals surface area (Å²) in [6.45, 7) is 1.77. The predicted octanol–water partition coefficient (Wildman–Crippen LogP) is 2.91. The van der Waals surface area contributed by atoms with Crippen LogP contribution < -0.4 is 4.74 Å². The topological polar surface area (TPSA) is 55.8 Å². The Balaban J connectivity index is 3.07. The molecule has 1 aromatic rings. The van der Waals surface area contributed by atoms with Crippen LogP contribution >= 0.6 is 0 Å². The molecular formula is C14H18F2O4. The number of para-hydroxylation sites is 1. The Labute approximate surface area is 116 Å². The largest absolute Gasteiger partial charge is 0.465 e. The lowest BCUT2D eigenvalue weighted by molar-refractivity contribution is -0.160. The van der Waals surface area contributed by atoms with Crippen LogP contribution in [0.1, 0.15) is 32.4 Å². The van der Waals surface area contributed by atoms with Crippen LogP contribution in [0.2, 0.25) is 0 Å². The molecule has 1 unspecified atom stereocenters. The Bertz CT molecular complexity index is 460. The van der Waals surface area contributed by atoms with Crippen LogP contribution in [0.3, 0.4) is 0 Å². The van der Waals surface area contributed by atoms with E-state index in [0.29, 0.717) is 0 Å². The number of aliphatic hydroxyl groups excluding tert-OH is 1. The Morgan fingerprint density at radius 1 is 1.35 bits per heavy atom. The third-order valence-electron chi connectivity index (χ3n) is 2.91. The maximum atomic E-state index is 12.3. The maximum absolute atomic E-state index is 12.3. The van der Waals surface area contributed by atoms with E-state index >= 15 is 0 Å². The fourth-order valence-electron chi connectivity index (χ4n) is 1.73. The molecule has 1 atom stereocenters. The van der Waals surface area contributed by atoms with Gasteiger partial charge in [0.2, 0.25) is 0 Å². The number of carbonyl (C=O) groups is 1. The summed E-state index contributed by atoms with van der Waals surface area (Å²) >= 11 is 0. The SMILES string of the molecule is CCOC(=O)C(C)(C)C(O)c1ccccc1OC(F)F. The molecule has 0 amide bonds. The minimum Gasteiger partial charge on any atom is -0.465 e. The second-order valence-electron chi connectivity index (χ2n) is 4.76. The van der Waals surface area contributed by atoms with Gasteiger partial charge in [-0.05, 0) is 26.8 Å². The van der Waals surface area contributed by atoms with Gasteiger partial charge in [-0.2, -0.15) is 8.78 Å². The highest BCUT2D eigenvalue weighted by Gasteiger charge is 2.39. The van der Waals surface area contributed by atoms with Gasteiger partial charge in [0.1, 0.15) is 5.75 Å². The number of aliphatic hydroxyl groups is 1. The number of carbonyl (C=O) groups excluding carboxylic acids is 1. The first kappa shape index (κ1) is 16.4. The standard InChI is InChI=1S/C14H18F2O4/c1-4-19-12(18)14(2,3)11(17)9-7-5-6-8-10(9)20-13(15)16/h5-8,11,13,17H,4H2,1-3H3. The lowest BCUT2D eigenvalue weighted by Crippen LogP contribution is -2.33. The zero-order chi connectivity index (χ0) is 15.3. The van der Waals surface area contributed by atoms with E-state index in [1.165, 1.54) is 32.0 Å². The monoisotopic (exact) mass is 288 g/mol. The number of hydrogen-bond donors (Lipinski definition) is 1. The van der Waals surface area contributed by atoms with Crippen molar-refractivity contribution in [3.63, 3.8) is 0 Å². The minimum atomic E-state index is -3.01. The van der Waals surface area contributed by atoms with E-state index in [9.17, 15) is 18.7 Å².